The first-order valence-electron chi connectivity index (χ1n) is 7.95. The van der Waals surface area contributed by atoms with Crippen molar-refractivity contribution in [3.8, 4) is 0 Å². The van der Waals surface area contributed by atoms with Crippen molar-refractivity contribution < 1.29 is 14.3 Å². The van der Waals surface area contributed by atoms with E-state index in [0.717, 1.165) is 37.7 Å². The fourth-order valence-electron chi connectivity index (χ4n) is 2.51. The van der Waals surface area contributed by atoms with Crippen molar-refractivity contribution in [2.24, 2.45) is 5.92 Å². The fourth-order valence-corrected chi connectivity index (χ4v) is 2.51. The lowest BCUT2D eigenvalue weighted by Crippen LogP contribution is -2.37. The molecule has 126 valence electrons. The summed E-state index contributed by atoms with van der Waals surface area (Å²) >= 11 is 0. The number of nitrogens with zero attached hydrogens (tertiary/aromatic N) is 2. The van der Waals surface area contributed by atoms with E-state index in [1.807, 2.05) is 38.1 Å². The van der Waals surface area contributed by atoms with Crippen molar-refractivity contribution in [2.45, 2.75) is 13.8 Å². The third kappa shape index (κ3) is 4.96. The van der Waals surface area contributed by atoms with Gasteiger partial charge in [-0.15, -0.1) is 0 Å². The Morgan fingerprint density at radius 2 is 1.83 bits per heavy atom. The maximum Gasteiger partial charge on any atom is 0.243 e. The summed E-state index contributed by atoms with van der Waals surface area (Å²) in [5.74, 6) is -0.343. The van der Waals surface area contributed by atoms with Crippen LogP contribution in [0.1, 0.15) is 13.8 Å². The number of carbonyl (C=O) groups excluding carboxylic acids is 2. The van der Waals surface area contributed by atoms with Gasteiger partial charge in [-0.05, 0) is 24.3 Å². The van der Waals surface area contributed by atoms with Crippen molar-refractivity contribution in [3.05, 3.63) is 24.3 Å². The smallest absolute Gasteiger partial charge is 0.243 e. The normalized spacial score (nSPS) is 14.7. The molecule has 1 aromatic rings. The number of rotatable bonds is 5. The van der Waals surface area contributed by atoms with E-state index in [1.54, 1.807) is 7.05 Å². The lowest BCUT2D eigenvalue weighted by molar-refractivity contribution is -0.136. The van der Waals surface area contributed by atoms with E-state index in [4.69, 9.17) is 4.74 Å². The number of anilines is 2. The summed E-state index contributed by atoms with van der Waals surface area (Å²) in [6.45, 7) is 6.95. The van der Waals surface area contributed by atoms with Gasteiger partial charge in [-0.1, -0.05) is 13.8 Å². The minimum Gasteiger partial charge on any atom is -0.378 e. The maximum absolute atomic E-state index is 12.0. The van der Waals surface area contributed by atoms with Crippen molar-refractivity contribution in [3.63, 3.8) is 0 Å². The molecule has 1 saturated heterocycles. The second-order valence-electron chi connectivity index (χ2n) is 6.04. The predicted octanol–water partition coefficient (Wildman–Crippen LogP) is 1.58. The Bertz CT molecular complexity index is 537. The van der Waals surface area contributed by atoms with Crippen molar-refractivity contribution >= 4 is 23.2 Å². The summed E-state index contributed by atoms with van der Waals surface area (Å²) in [6.07, 6.45) is 0. The van der Waals surface area contributed by atoms with E-state index < -0.39 is 0 Å². The average molecular weight is 319 g/mol. The van der Waals surface area contributed by atoms with Crippen molar-refractivity contribution in [1.82, 2.24) is 4.90 Å². The molecule has 0 saturated carbocycles. The van der Waals surface area contributed by atoms with Gasteiger partial charge in [0.05, 0.1) is 19.8 Å². The van der Waals surface area contributed by atoms with E-state index >= 15 is 0 Å². The molecule has 2 rings (SSSR count). The molecule has 0 aromatic heterocycles. The summed E-state index contributed by atoms with van der Waals surface area (Å²) < 4.78 is 5.34. The highest BCUT2D eigenvalue weighted by Gasteiger charge is 2.16. The first kappa shape index (κ1) is 17.3. The van der Waals surface area contributed by atoms with Gasteiger partial charge in [-0.2, -0.15) is 0 Å². The van der Waals surface area contributed by atoms with E-state index in [0.29, 0.717) is 0 Å². The predicted molar refractivity (Wildman–Crippen MR) is 90.6 cm³/mol. The molecule has 1 heterocycles. The van der Waals surface area contributed by atoms with E-state index in [-0.39, 0.29) is 24.3 Å². The molecule has 1 aromatic carbocycles. The number of ether oxygens (including phenoxy) is 1. The van der Waals surface area contributed by atoms with Crippen LogP contribution in [-0.2, 0) is 14.3 Å². The van der Waals surface area contributed by atoms with Crippen LogP contribution in [0.3, 0.4) is 0 Å². The molecule has 6 nitrogen and oxygen atoms in total. The topological polar surface area (TPSA) is 61.9 Å². The van der Waals surface area contributed by atoms with Crippen LogP contribution in [-0.4, -0.2) is 56.6 Å². The first-order valence-corrected chi connectivity index (χ1v) is 7.95. The van der Waals surface area contributed by atoms with Gasteiger partial charge < -0.3 is 19.9 Å². The average Bonchev–Trinajstić information content (AvgIpc) is 2.55. The van der Waals surface area contributed by atoms with Crippen LogP contribution in [0.2, 0.25) is 0 Å². The minimum absolute atomic E-state index is 0.0391. The van der Waals surface area contributed by atoms with Gasteiger partial charge in [0, 0.05) is 37.4 Å². The standard InChI is InChI=1S/C17H25N3O3/c1-13(2)17(22)19(3)12-16(21)18-14-4-6-15(7-5-14)20-8-10-23-11-9-20/h4-7,13H,8-12H2,1-3H3,(H,18,21). The number of hydrogen-bond acceptors (Lipinski definition) is 4. The molecule has 0 aliphatic carbocycles. The molecule has 6 heteroatoms. The number of benzene rings is 1. The van der Waals surface area contributed by atoms with Crippen LogP contribution in [0.15, 0.2) is 24.3 Å². The minimum atomic E-state index is -0.194. The highest BCUT2D eigenvalue weighted by atomic mass is 16.5. The van der Waals surface area contributed by atoms with Gasteiger partial charge in [0.15, 0.2) is 0 Å². The number of amides is 2. The molecule has 0 unspecified atom stereocenters. The van der Waals surface area contributed by atoms with E-state index in [2.05, 4.69) is 10.2 Å². The van der Waals surface area contributed by atoms with Gasteiger partial charge in [0.25, 0.3) is 0 Å². The zero-order valence-electron chi connectivity index (χ0n) is 14.0. The summed E-state index contributed by atoms with van der Waals surface area (Å²) in [5, 5.41) is 2.82. The molecular weight excluding hydrogens is 294 g/mol. The molecule has 1 aliphatic heterocycles. The summed E-state index contributed by atoms with van der Waals surface area (Å²) in [5.41, 5.74) is 1.86. The fraction of sp³-hybridized carbons (Fsp3) is 0.529. The maximum atomic E-state index is 12.0. The number of hydrogen-bond donors (Lipinski definition) is 1. The zero-order chi connectivity index (χ0) is 16.8. The number of nitrogens with one attached hydrogen (secondary N) is 1. The Morgan fingerprint density at radius 1 is 1.22 bits per heavy atom. The molecule has 2 amide bonds. The van der Waals surface area contributed by atoms with E-state index in [1.165, 1.54) is 4.90 Å². The molecular formula is C17H25N3O3. The van der Waals surface area contributed by atoms with Crippen LogP contribution in [0.5, 0.6) is 0 Å². The van der Waals surface area contributed by atoms with Gasteiger partial charge in [0.2, 0.25) is 11.8 Å². The molecule has 0 bridgehead atoms. The van der Waals surface area contributed by atoms with Gasteiger partial charge >= 0.3 is 0 Å². The highest BCUT2D eigenvalue weighted by Crippen LogP contribution is 2.19. The van der Waals surface area contributed by atoms with Gasteiger partial charge in [-0.3, -0.25) is 9.59 Å². The van der Waals surface area contributed by atoms with Crippen LogP contribution >= 0.6 is 0 Å². The second kappa shape index (κ2) is 7.97. The van der Waals surface area contributed by atoms with Gasteiger partial charge in [0.1, 0.15) is 0 Å². The lowest BCUT2D eigenvalue weighted by atomic mass is 10.2. The summed E-state index contributed by atoms with van der Waals surface area (Å²) in [7, 11) is 1.64. The largest absolute Gasteiger partial charge is 0.378 e. The lowest BCUT2D eigenvalue weighted by Gasteiger charge is -2.28. The number of carbonyl (C=O) groups is 2. The SMILES string of the molecule is CC(C)C(=O)N(C)CC(=O)Nc1ccc(N2CCOCC2)cc1. The van der Waals surface area contributed by atoms with Gasteiger partial charge in [-0.25, -0.2) is 0 Å². The molecule has 1 N–H and O–H groups in total. The van der Waals surface area contributed by atoms with Crippen LogP contribution in [0.4, 0.5) is 11.4 Å². The Hall–Kier alpha value is -2.08. The molecule has 0 spiro atoms. The van der Waals surface area contributed by atoms with Crippen LogP contribution in [0, 0.1) is 5.92 Å². The summed E-state index contributed by atoms with van der Waals surface area (Å²) in [4.78, 5) is 27.5. The first-order chi connectivity index (χ1) is 11.0. The van der Waals surface area contributed by atoms with Crippen LogP contribution in [0.25, 0.3) is 0 Å². The van der Waals surface area contributed by atoms with Crippen LogP contribution < -0.4 is 10.2 Å². The molecule has 1 aliphatic rings. The quantitative estimate of drug-likeness (QED) is 0.895. The zero-order valence-corrected chi connectivity index (χ0v) is 14.0. The molecule has 0 atom stereocenters. The third-order valence-electron chi connectivity index (χ3n) is 3.78. The Morgan fingerprint density at radius 3 is 2.39 bits per heavy atom. The Kier molecular flexibility index (Phi) is 5.98. The van der Waals surface area contributed by atoms with E-state index in [9.17, 15) is 9.59 Å². The monoisotopic (exact) mass is 319 g/mol. The third-order valence-corrected chi connectivity index (χ3v) is 3.78. The second-order valence-corrected chi connectivity index (χ2v) is 6.04. The Labute approximate surface area is 137 Å². The van der Waals surface area contributed by atoms with Crippen molar-refractivity contribution in [1.29, 1.82) is 0 Å². The molecule has 1 fully saturated rings. The van der Waals surface area contributed by atoms with Crippen molar-refractivity contribution in [2.75, 3.05) is 50.1 Å². The summed E-state index contributed by atoms with van der Waals surface area (Å²) in [6, 6.07) is 7.74. The molecule has 0 radical (unpaired) electrons. The number of morpholine rings is 1. The highest BCUT2D eigenvalue weighted by molar-refractivity contribution is 5.94. The number of likely N-dealkylation sites (N-methyl/N-ethyl adjacent to an activating group) is 1. The molecule has 23 heavy (non-hydrogen) atoms. The Balaban J connectivity index is 1.87.